The maximum absolute atomic E-state index is 10.8. The molecule has 0 bridgehead atoms. The lowest BCUT2D eigenvalue weighted by Crippen LogP contribution is -2.40. The summed E-state index contributed by atoms with van der Waals surface area (Å²) in [6, 6.07) is 10.3. The zero-order valence-electron chi connectivity index (χ0n) is 12.5. The van der Waals surface area contributed by atoms with Crippen LogP contribution in [0.15, 0.2) is 36.7 Å². The van der Waals surface area contributed by atoms with E-state index in [2.05, 4.69) is 36.1 Å². The summed E-state index contributed by atoms with van der Waals surface area (Å²) in [4.78, 5) is 4.22. The first-order chi connectivity index (χ1) is 9.64. The van der Waals surface area contributed by atoms with Gasteiger partial charge in [0, 0.05) is 18.9 Å². The number of aliphatic hydroxyl groups is 1. The van der Waals surface area contributed by atoms with Crippen LogP contribution in [0.3, 0.4) is 0 Å². The zero-order chi connectivity index (χ0) is 14.6. The van der Waals surface area contributed by atoms with Crippen molar-refractivity contribution in [2.45, 2.75) is 44.6 Å². The van der Waals surface area contributed by atoms with Crippen molar-refractivity contribution in [3.8, 4) is 0 Å². The van der Waals surface area contributed by atoms with Gasteiger partial charge in [-0.2, -0.15) is 5.10 Å². The molecule has 0 fully saturated rings. The summed E-state index contributed by atoms with van der Waals surface area (Å²) < 4.78 is 1.73. The van der Waals surface area contributed by atoms with Crippen molar-refractivity contribution in [1.29, 1.82) is 0 Å². The third-order valence-electron chi connectivity index (χ3n) is 4.43. The molecule has 1 N–H and O–H groups in total. The minimum Gasteiger partial charge on any atom is -0.392 e. The number of aliphatic hydroxyl groups excluding tert-OH is 1. The van der Waals surface area contributed by atoms with Crippen LogP contribution in [-0.4, -0.2) is 26.0 Å². The van der Waals surface area contributed by atoms with Gasteiger partial charge in [0.1, 0.15) is 12.2 Å². The van der Waals surface area contributed by atoms with Crippen molar-refractivity contribution in [2.24, 2.45) is 7.05 Å². The van der Waals surface area contributed by atoms with Gasteiger partial charge in [0.25, 0.3) is 0 Å². The Morgan fingerprint density at radius 1 is 1.20 bits per heavy atom. The molecule has 0 amide bonds. The Labute approximate surface area is 120 Å². The van der Waals surface area contributed by atoms with Crippen molar-refractivity contribution in [3.63, 3.8) is 0 Å². The van der Waals surface area contributed by atoms with Gasteiger partial charge in [0.2, 0.25) is 0 Å². The Morgan fingerprint density at radius 2 is 1.85 bits per heavy atom. The first-order valence-corrected chi connectivity index (χ1v) is 7.20. The second kappa shape index (κ2) is 6.18. The molecule has 1 aromatic carbocycles. The van der Waals surface area contributed by atoms with E-state index in [1.807, 2.05) is 25.2 Å². The molecule has 0 saturated heterocycles. The van der Waals surface area contributed by atoms with Crippen LogP contribution in [0, 0.1) is 0 Å². The standard InChI is InChI=1S/C16H23N3O/c1-4-16(5-2,13-9-7-6-8-10-13)14(20)11-15-17-12-18-19(15)3/h6-10,12,14,20H,4-5,11H2,1-3H3. The van der Waals surface area contributed by atoms with E-state index in [0.717, 1.165) is 18.7 Å². The molecule has 20 heavy (non-hydrogen) atoms. The van der Waals surface area contributed by atoms with Crippen molar-refractivity contribution < 1.29 is 5.11 Å². The molecule has 1 aromatic heterocycles. The first-order valence-electron chi connectivity index (χ1n) is 7.20. The minimum atomic E-state index is -0.470. The highest BCUT2D eigenvalue weighted by molar-refractivity contribution is 5.27. The zero-order valence-corrected chi connectivity index (χ0v) is 12.5. The van der Waals surface area contributed by atoms with Gasteiger partial charge in [-0.05, 0) is 18.4 Å². The molecule has 0 saturated carbocycles. The predicted molar refractivity (Wildman–Crippen MR) is 79.4 cm³/mol. The summed E-state index contributed by atoms with van der Waals surface area (Å²) in [7, 11) is 1.86. The summed E-state index contributed by atoms with van der Waals surface area (Å²) in [5.41, 5.74) is 0.965. The van der Waals surface area contributed by atoms with E-state index in [1.54, 1.807) is 4.68 Å². The number of nitrogens with zero attached hydrogens (tertiary/aromatic N) is 3. The number of rotatable bonds is 6. The molecule has 2 rings (SSSR count). The largest absolute Gasteiger partial charge is 0.392 e. The van der Waals surface area contributed by atoms with Gasteiger partial charge in [-0.1, -0.05) is 44.2 Å². The summed E-state index contributed by atoms with van der Waals surface area (Å²) in [5, 5.41) is 14.9. The fraction of sp³-hybridized carbons (Fsp3) is 0.500. The highest BCUT2D eigenvalue weighted by Crippen LogP contribution is 2.36. The molecule has 4 nitrogen and oxygen atoms in total. The van der Waals surface area contributed by atoms with Crippen LogP contribution in [0.1, 0.15) is 38.1 Å². The summed E-state index contributed by atoms with van der Waals surface area (Å²) in [6.45, 7) is 4.27. The molecule has 2 aromatic rings. The second-order valence-corrected chi connectivity index (χ2v) is 5.25. The molecule has 0 spiro atoms. The van der Waals surface area contributed by atoms with Gasteiger partial charge in [-0.15, -0.1) is 0 Å². The molecule has 4 heteroatoms. The van der Waals surface area contributed by atoms with E-state index in [0.29, 0.717) is 6.42 Å². The molecular weight excluding hydrogens is 250 g/mol. The van der Waals surface area contributed by atoms with Gasteiger partial charge in [0.15, 0.2) is 0 Å². The van der Waals surface area contributed by atoms with Crippen molar-refractivity contribution in [3.05, 3.63) is 48.0 Å². The predicted octanol–water partition coefficient (Wildman–Crippen LogP) is 2.48. The maximum Gasteiger partial charge on any atom is 0.138 e. The Morgan fingerprint density at radius 3 is 2.35 bits per heavy atom. The van der Waals surface area contributed by atoms with Crippen LogP contribution in [-0.2, 0) is 18.9 Å². The third kappa shape index (κ3) is 2.61. The van der Waals surface area contributed by atoms with Gasteiger partial charge in [-0.25, -0.2) is 4.98 Å². The number of aromatic nitrogens is 3. The van der Waals surface area contributed by atoms with E-state index in [9.17, 15) is 5.11 Å². The fourth-order valence-electron chi connectivity index (χ4n) is 2.97. The van der Waals surface area contributed by atoms with E-state index in [1.165, 1.54) is 11.9 Å². The van der Waals surface area contributed by atoms with Gasteiger partial charge in [-0.3, -0.25) is 4.68 Å². The number of hydrogen-bond acceptors (Lipinski definition) is 3. The number of hydrogen-bond donors (Lipinski definition) is 1. The highest BCUT2D eigenvalue weighted by Gasteiger charge is 2.36. The van der Waals surface area contributed by atoms with E-state index < -0.39 is 6.10 Å². The van der Waals surface area contributed by atoms with Crippen LogP contribution < -0.4 is 0 Å². The second-order valence-electron chi connectivity index (χ2n) is 5.25. The quantitative estimate of drug-likeness (QED) is 0.879. The van der Waals surface area contributed by atoms with Gasteiger partial charge < -0.3 is 5.11 Å². The lowest BCUT2D eigenvalue weighted by Gasteiger charge is -2.37. The lowest BCUT2D eigenvalue weighted by molar-refractivity contribution is 0.0709. The molecule has 0 aliphatic heterocycles. The maximum atomic E-state index is 10.8. The van der Waals surface area contributed by atoms with E-state index >= 15 is 0 Å². The third-order valence-corrected chi connectivity index (χ3v) is 4.43. The van der Waals surface area contributed by atoms with Crippen LogP contribution in [0.2, 0.25) is 0 Å². The Bertz CT molecular complexity index is 532. The Kier molecular flexibility index (Phi) is 4.55. The van der Waals surface area contributed by atoms with Crippen molar-refractivity contribution >= 4 is 0 Å². The molecule has 108 valence electrons. The van der Waals surface area contributed by atoms with Crippen LogP contribution >= 0.6 is 0 Å². The van der Waals surface area contributed by atoms with Crippen LogP contribution in [0.5, 0.6) is 0 Å². The molecule has 1 unspecified atom stereocenters. The average Bonchev–Trinajstić information content (AvgIpc) is 2.87. The van der Waals surface area contributed by atoms with Crippen molar-refractivity contribution in [1.82, 2.24) is 14.8 Å². The molecule has 0 aliphatic carbocycles. The summed E-state index contributed by atoms with van der Waals surface area (Å²) in [5.74, 6) is 0.819. The fourth-order valence-corrected chi connectivity index (χ4v) is 2.97. The molecule has 0 radical (unpaired) electrons. The van der Waals surface area contributed by atoms with E-state index in [4.69, 9.17) is 0 Å². The Hall–Kier alpha value is -1.68. The lowest BCUT2D eigenvalue weighted by atomic mass is 9.70. The minimum absolute atomic E-state index is 0.229. The molecule has 1 atom stereocenters. The van der Waals surface area contributed by atoms with Gasteiger partial charge in [0.05, 0.1) is 6.10 Å². The Balaban J connectivity index is 2.30. The van der Waals surface area contributed by atoms with E-state index in [-0.39, 0.29) is 5.41 Å². The number of benzene rings is 1. The molecular formula is C16H23N3O. The van der Waals surface area contributed by atoms with Crippen LogP contribution in [0.25, 0.3) is 0 Å². The molecule has 0 aliphatic rings. The monoisotopic (exact) mass is 273 g/mol. The number of aryl methyl sites for hydroxylation is 1. The van der Waals surface area contributed by atoms with Crippen LogP contribution in [0.4, 0.5) is 0 Å². The molecule has 1 heterocycles. The normalized spacial score (nSPS) is 13.4. The summed E-state index contributed by atoms with van der Waals surface area (Å²) >= 11 is 0. The smallest absolute Gasteiger partial charge is 0.138 e. The topological polar surface area (TPSA) is 50.9 Å². The van der Waals surface area contributed by atoms with Crippen molar-refractivity contribution in [2.75, 3.05) is 0 Å². The SMILES string of the molecule is CCC(CC)(c1ccccc1)C(O)Cc1ncnn1C. The van der Waals surface area contributed by atoms with Gasteiger partial charge >= 0.3 is 0 Å². The average molecular weight is 273 g/mol. The first kappa shape index (κ1) is 14.7. The summed E-state index contributed by atoms with van der Waals surface area (Å²) in [6.07, 6.45) is 3.37. The highest BCUT2D eigenvalue weighted by atomic mass is 16.3.